The number of carbonyl (C=O) groups excluding carboxylic acids is 1. The van der Waals surface area contributed by atoms with Crippen molar-refractivity contribution in [1.82, 2.24) is 4.90 Å². The van der Waals surface area contributed by atoms with E-state index in [2.05, 4.69) is 11.8 Å². The lowest BCUT2D eigenvalue weighted by Gasteiger charge is -2.43. The zero-order valence-corrected chi connectivity index (χ0v) is 10.3. The number of carbonyl (C=O) groups is 1. The molecule has 1 aliphatic carbocycles. The minimum Gasteiger partial charge on any atom is -0.374 e. The third kappa shape index (κ3) is 2.57. The molecule has 1 heterocycles. The monoisotopic (exact) mass is 225 g/mol. The summed E-state index contributed by atoms with van der Waals surface area (Å²) in [6.07, 6.45) is 7.97. The Kier molecular flexibility index (Phi) is 4.22. The molecule has 2 atom stereocenters. The Hall–Kier alpha value is -0.570. The van der Waals surface area contributed by atoms with Crippen LogP contribution in [0.1, 0.15) is 51.9 Å². The summed E-state index contributed by atoms with van der Waals surface area (Å²) in [7, 11) is 0. The fourth-order valence-corrected chi connectivity index (χ4v) is 2.88. The van der Waals surface area contributed by atoms with Gasteiger partial charge in [-0.3, -0.25) is 4.79 Å². The van der Waals surface area contributed by atoms with Gasteiger partial charge in [-0.25, -0.2) is 0 Å². The van der Waals surface area contributed by atoms with E-state index in [1.807, 2.05) is 0 Å². The van der Waals surface area contributed by atoms with Crippen LogP contribution >= 0.6 is 0 Å². The third-order valence-electron chi connectivity index (χ3n) is 3.80. The van der Waals surface area contributed by atoms with E-state index in [-0.39, 0.29) is 0 Å². The zero-order valence-electron chi connectivity index (χ0n) is 10.3. The Labute approximate surface area is 98.1 Å². The molecule has 2 aliphatic rings. The number of hydrogen-bond acceptors (Lipinski definition) is 2. The highest BCUT2D eigenvalue weighted by Gasteiger charge is 2.36. The Morgan fingerprint density at radius 2 is 2.19 bits per heavy atom. The van der Waals surface area contributed by atoms with Crippen molar-refractivity contribution in [2.75, 3.05) is 13.2 Å². The summed E-state index contributed by atoms with van der Waals surface area (Å²) in [6.45, 7) is 3.68. The largest absolute Gasteiger partial charge is 0.374 e. The molecule has 3 heteroatoms. The highest BCUT2D eigenvalue weighted by Crippen LogP contribution is 2.28. The van der Waals surface area contributed by atoms with Gasteiger partial charge in [0.25, 0.3) is 0 Å². The van der Waals surface area contributed by atoms with Gasteiger partial charge < -0.3 is 9.64 Å². The minimum atomic E-state index is 0.327. The lowest BCUT2D eigenvalue weighted by atomic mass is 9.90. The maximum atomic E-state index is 12.1. The predicted molar refractivity (Wildman–Crippen MR) is 63.2 cm³/mol. The molecular weight excluding hydrogens is 202 g/mol. The van der Waals surface area contributed by atoms with Gasteiger partial charge in [-0.2, -0.15) is 0 Å². The van der Waals surface area contributed by atoms with E-state index in [9.17, 15) is 4.79 Å². The molecule has 16 heavy (non-hydrogen) atoms. The summed E-state index contributed by atoms with van der Waals surface area (Å²) in [5, 5.41) is 0. The summed E-state index contributed by atoms with van der Waals surface area (Å²) >= 11 is 0. The summed E-state index contributed by atoms with van der Waals surface area (Å²) < 4.78 is 5.77. The van der Waals surface area contributed by atoms with Gasteiger partial charge in [-0.15, -0.1) is 0 Å². The van der Waals surface area contributed by atoms with E-state index in [0.29, 0.717) is 18.1 Å². The average molecular weight is 225 g/mol. The average Bonchev–Trinajstić information content (AvgIpc) is 2.35. The van der Waals surface area contributed by atoms with Gasteiger partial charge in [0.2, 0.25) is 5.91 Å². The van der Waals surface area contributed by atoms with E-state index in [1.54, 1.807) is 0 Å². The van der Waals surface area contributed by atoms with Gasteiger partial charge in [0.15, 0.2) is 0 Å². The van der Waals surface area contributed by atoms with Gasteiger partial charge in [-0.1, -0.05) is 26.2 Å². The summed E-state index contributed by atoms with van der Waals surface area (Å²) in [5.41, 5.74) is 0. The van der Waals surface area contributed by atoms with Crippen LogP contribution in [0.25, 0.3) is 0 Å². The van der Waals surface area contributed by atoms with Crippen LogP contribution in [0.2, 0.25) is 0 Å². The number of rotatable bonds is 3. The van der Waals surface area contributed by atoms with E-state index in [4.69, 9.17) is 4.74 Å². The number of morpholine rings is 1. The molecule has 92 valence electrons. The van der Waals surface area contributed by atoms with Crippen molar-refractivity contribution in [2.45, 2.75) is 64.0 Å². The highest BCUT2D eigenvalue weighted by atomic mass is 16.5. The molecule has 3 nitrogen and oxygen atoms in total. The molecule has 2 rings (SSSR count). The fourth-order valence-electron chi connectivity index (χ4n) is 2.88. The minimum absolute atomic E-state index is 0.327. The molecule has 0 unspecified atom stereocenters. The van der Waals surface area contributed by atoms with Crippen LogP contribution in [0, 0.1) is 0 Å². The molecule has 1 saturated carbocycles. The Morgan fingerprint density at radius 3 is 3.00 bits per heavy atom. The Morgan fingerprint density at radius 1 is 1.38 bits per heavy atom. The molecule has 0 aromatic heterocycles. The number of amides is 1. The zero-order chi connectivity index (χ0) is 11.4. The number of hydrogen-bond donors (Lipinski definition) is 0. The quantitative estimate of drug-likeness (QED) is 0.738. The Balaban J connectivity index is 1.93. The van der Waals surface area contributed by atoms with Crippen molar-refractivity contribution >= 4 is 5.91 Å². The smallest absolute Gasteiger partial charge is 0.222 e. The lowest BCUT2D eigenvalue weighted by molar-refractivity contribution is -0.149. The van der Waals surface area contributed by atoms with Crippen LogP contribution in [0.4, 0.5) is 0 Å². The van der Waals surface area contributed by atoms with Crippen LogP contribution in [-0.4, -0.2) is 36.1 Å². The number of fused-ring (bicyclic) bond motifs is 1. The molecule has 1 saturated heterocycles. The number of nitrogens with zero attached hydrogens (tertiary/aromatic N) is 1. The van der Waals surface area contributed by atoms with Gasteiger partial charge in [0.05, 0.1) is 18.8 Å². The topological polar surface area (TPSA) is 29.5 Å². The SMILES string of the molecule is CCCCC(=O)N1CCO[C@@H]2CCCC[C@H]21. The van der Waals surface area contributed by atoms with Crippen molar-refractivity contribution in [3.63, 3.8) is 0 Å². The van der Waals surface area contributed by atoms with E-state index in [1.165, 1.54) is 12.8 Å². The maximum Gasteiger partial charge on any atom is 0.222 e. The highest BCUT2D eigenvalue weighted by molar-refractivity contribution is 5.76. The van der Waals surface area contributed by atoms with Crippen LogP contribution < -0.4 is 0 Å². The molecule has 0 bridgehead atoms. The van der Waals surface area contributed by atoms with Crippen molar-refractivity contribution < 1.29 is 9.53 Å². The standard InChI is InChI=1S/C13H23NO2/c1-2-3-8-13(15)14-9-10-16-12-7-5-4-6-11(12)14/h11-12H,2-10H2,1H3/t11-,12-/m1/s1. The first-order valence-corrected chi connectivity index (χ1v) is 6.74. The van der Waals surface area contributed by atoms with Crippen molar-refractivity contribution in [3.05, 3.63) is 0 Å². The molecule has 2 fully saturated rings. The second-order valence-electron chi connectivity index (χ2n) is 4.95. The first kappa shape index (κ1) is 11.9. The van der Waals surface area contributed by atoms with E-state index in [0.717, 1.165) is 45.3 Å². The lowest BCUT2D eigenvalue weighted by Crippen LogP contribution is -2.54. The van der Waals surface area contributed by atoms with Gasteiger partial charge in [0, 0.05) is 13.0 Å². The molecule has 0 aromatic carbocycles. The second-order valence-corrected chi connectivity index (χ2v) is 4.95. The predicted octanol–water partition coefficient (Wildman–Crippen LogP) is 2.35. The molecule has 0 radical (unpaired) electrons. The van der Waals surface area contributed by atoms with Crippen LogP contribution in [0.15, 0.2) is 0 Å². The fraction of sp³-hybridized carbons (Fsp3) is 0.923. The molecule has 1 aliphatic heterocycles. The first-order chi connectivity index (χ1) is 7.83. The van der Waals surface area contributed by atoms with Gasteiger partial charge in [-0.05, 0) is 19.3 Å². The first-order valence-electron chi connectivity index (χ1n) is 6.74. The molecule has 0 N–H and O–H groups in total. The van der Waals surface area contributed by atoms with Crippen LogP contribution in [-0.2, 0) is 9.53 Å². The van der Waals surface area contributed by atoms with Crippen molar-refractivity contribution in [3.8, 4) is 0 Å². The molecule has 1 amide bonds. The van der Waals surface area contributed by atoms with E-state index >= 15 is 0 Å². The number of ether oxygens (including phenoxy) is 1. The Bertz CT molecular complexity index is 240. The van der Waals surface area contributed by atoms with Crippen molar-refractivity contribution in [1.29, 1.82) is 0 Å². The van der Waals surface area contributed by atoms with Gasteiger partial charge in [0.1, 0.15) is 0 Å². The van der Waals surface area contributed by atoms with Crippen LogP contribution in [0.5, 0.6) is 0 Å². The normalized spacial score (nSPS) is 29.9. The summed E-state index contributed by atoms with van der Waals surface area (Å²) in [5.74, 6) is 0.349. The van der Waals surface area contributed by atoms with Gasteiger partial charge >= 0.3 is 0 Å². The molecule has 0 aromatic rings. The van der Waals surface area contributed by atoms with Crippen molar-refractivity contribution in [2.24, 2.45) is 0 Å². The maximum absolute atomic E-state index is 12.1. The van der Waals surface area contributed by atoms with E-state index < -0.39 is 0 Å². The molecule has 0 spiro atoms. The number of unbranched alkanes of at least 4 members (excludes halogenated alkanes) is 1. The van der Waals surface area contributed by atoms with Crippen LogP contribution in [0.3, 0.4) is 0 Å². The molecular formula is C13H23NO2. The summed E-state index contributed by atoms with van der Waals surface area (Å²) in [4.78, 5) is 14.2. The second kappa shape index (κ2) is 5.67. The summed E-state index contributed by atoms with van der Waals surface area (Å²) in [6, 6.07) is 0.381. The third-order valence-corrected chi connectivity index (χ3v) is 3.80.